The van der Waals surface area contributed by atoms with E-state index in [9.17, 15) is 17.6 Å². The van der Waals surface area contributed by atoms with Crippen LogP contribution in [0.25, 0.3) is 0 Å². The van der Waals surface area contributed by atoms with Crippen molar-refractivity contribution in [1.29, 1.82) is 0 Å². The molecule has 8 heteroatoms. The monoisotopic (exact) mass is 450 g/mol. The molecule has 0 aromatic heterocycles. The van der Waals surface area contributed by atoms with Crippen molar-refractivity contribution in [2.24, 2.45) is 11.8 Å². The molecule has 1 saturated carbocycles. The largest absolute Gasteiger partial charge is 0.349 e. The second-order valence-corrected chi connectivity index (χ2v) is 10.3. The van der Waals surface area contributed by atoms with Gasteiger partial charge in [0, 0.05) is 19.0 Å². The highest BCUT2D eigenvalue weighted by Gasteiger charge is 2.37. The van der Waals surface area contributed by atoms with Gasteiger partial charge in [0.25, 0.3) is 0 Å². The van der Waals surface area contributed by atoms with Gasteiger partial charge in [0.05, 0.1) is 16.0 Å². The maximum Gasteiger partial charge on any atom is 0.243 e. The summed E-state index contributed by atoms with van der Waals surface area (Å²) in [5.41, 5.74) is 1.11. The third-order valence-electron chi connectivity index (χ3n) is 5.90. The maximum absolute atomic E-state index is 13.4. The van der Waals surface area contributed by atoms with Crippen LogP contribution in [0.1, 0.15) is 37.3 Å². The number of benzene rings is 2. The van der Waals surface area contributed by atoms with Gasteiger partial charge in [-0.1, -0.05) is 41.9 Å². The van der Waals surface area contributed by atoms with Gasteiger partial charge in [-0.05, 0) is 55.4 Å². The number of hydrogen-bond donors (Lipinski definition) is 1. The summed E-state index contributed by atoms with van der Waals surface area (Å²) in [5.74, 6) is -0.425. The van der Waals surface area contributed by atoms with E-state index in [-0.39, 0.29) is 40.9 Å². The zero-order chi connectivity index (χ0) is 21.3. The maximum atomic E-state index is 13.4. The van der Waals surface area contributed by atoms with Crippen LogP contribution in [0.4, 0.5) is 4.39 Å². The molecule has 0 radical (unpaired) electrons. The fourth-order valence-corrected chi connectivity index (χ4v) is 5.72. The van der Waals surface area contributed by atoms with Gasteiger partial charge >= 0.3 is 0 Å². The second kappa shape index (κ2) is 8.65. The summed E-state index contributed by atoms with van der Waals surface area (Å²) < 4.78 is 40.4. The zero-order valence-corrected chi connectivity index (χ0v) is 18.0. The predicted octanol–water partition coefficient (Wildman–Crippen LogP) is 4.15. The summed E-state index contributed by atoms with van der Waals surface area (Å²) in [6.07, 6.45) is 3.12. The Balaban J connectivity index is 1.39. The molecule has 1 aliphatic carbocycles. The van der Waals surface area contributed by atoms with Gasteiger partial charge in [0.15, 0.2) is 0 Å². The van der Waals surface area contributed by atoms with Crippen molar-refractivity contribution >= 4 is 27.5 Å². The summed E-state index contributed by atoms with van der Waals surface area (Å²) in [6, 6.07) is 13.4. The Bertz CT molecular complexity index is 1020. The molecule has 2 aromatic carbocycles. The van der Waals surface area contributed by atoms with Crippen molar-refractivity contribution in [1.82, 2.24) is 9.62 Å². The first-order valence-electron chi connectivity index (χ1n) is 10.2. The van der Waals surface area contributed by atoms with E-state index in [2.05, 4.69) is 5.32 Å². The molecule has 1 aliphatic heterocycles. The molecule has 5 nitrogen and oxygen atoms in total. The number of halogens is 2. The lowest BCUT2D eigenvalue weighted by atomic mass is 9.95. The standard InChI is InChI=1S/C22H24ClFN2O3S/c23-19-14-18(8-9-20(19)24)30(28,29)26-12-10-17(11-13-26)22(27)25-21(16-6-7-16)15-4-2-1-3-5-15/h1-5,8-9,14,16-17,21H,6-7,10-13H2,(H,25,27). The Morgan fingerprint density at radius 2 is 1.73 bits per heavy atom. The minimum Gasteiger partial charge on any atom is -0.349 e. The lowest BCUT2D eigenvalue weighted by Gasteiger charge is -2.31. The minimum absolute atomic E-state index is 0.0156. The van der Waals surface area contributed by atoms with E-state index in [0.29, 0.717) is 18.8 Å². The summed E-state index contributed by atoms with van der Waals surface area (Å²) in [6.45, 7) is 0.490. The number of nitrogens with one attached hydrogen (secondary N) is 1. The smallest absolute Gasteiger partial charge is 0.243 e. The molecule has 1 heterocycles. The highest BCUT2D eigenvalue weighted by atomic mass is 35.5. The Hall–Kier alpha value is -1.96. The van der Waals surface area contributed by atoms with Crippen LogP contribution in [0.2, 0.25) is 5.02 Å². The highest BCUT2D eigenvalue weighted by Crippen LogP contribution is 2.41. The van der Waals surface area contributed by atoms with E-state index in [1.54, 1.807) is 0 Å². The predicted molar refractivity (Wildman–Crippen MR) is 113 cm³/mol. The number of hydrogen-bond acceptors (Lipinski definition) is 3. The third kappa shape index (κ3) is 4.53. The molecule has 1 saturated heterocycles. The molecule has 0 spiro atoms. The molecule has 160 valence electrons. The van der Waals surface area contributed by atoms with Crippen molar-refractivity contribution in [3.05, 3.63) is 64.9 Å². The summed E-state index contributed by atoms with van der Waals surface area (Å²) in [5, 5.41) is 2.97. The lowest BCUT2D eigenvalue weighted by Crippen LogP contribution is -2.44. The van der Waals surface area contributed by atoms with Crippen LogP contribution in [0.3, 0.4) is 0 Å². The summed E-state index contributed by atoms with van der Waals surface area (Å²) in [7, 11) is -3.77. The molecule has 2 aliphatic rings. The van der Waals surface area contributed by atoms with Crippen molar-refractivity contribution in [2.75, 3.05) is 13.1 Å². The molecule has 2 fully saturated rings. The van der Waals surface area contributed by atoms with Crippen LogP contribution >= 0.6 is 11.6 Å². The number of piperidine rings is 1. The molecule has 30 heavy (non-hydrogen) atoms. The first-order valence-corrected chi connectivity index (χ1v) is 12.0. The molecule has 0 bridgehead atoms. The topological polar surface area (TPSA) is 66.5 Å². The first-order chi connectivity index (χ1) is 14.4. The highest BCUT2D eigenvalue weighted by molar-refractivity contribution is 7.89. The van der Waals surface area contributed by atoms with E-state index in [1.807, 2.05) is 30.3 Å². The quantitative estimate of drug-likeness (QED) is 0.719. The van der Waals surface area contributed by atoms with E-state index < -0.39 is 15.8 Å². The van der Waals surface area contributed by atoms with Crippen LogP contribution in [0.5, 0.6) is 0 Å². The van der Waals surface area contributed by atoms with Crippen LogP contribution in [0, 0.1) is 17.7 Å². The molecular weight excluding hydrogens is 427 g/mol. The molecule has 4 rings (SSSR count). The minimum atomic E-state index is -3.77. The van der Waals surface area contributed by atoms with Gasteiger partial charge in [0.1, 0.15) is 5.82 Å². The van der Waals surface area contributed by atoms with E-state index in [0.717, 1.165) is 30.5 Å². The molecular formula is C22H24ClFN2O3S. The average Bonchev–Trinajstić information content (AvgIpc) is 3.59. The van der Waals surface area contributed by atoms with Crippen LogP contribution < -0.4 is 5.32 Å². The van der Waals surface area contributed by atoms with Crippen molar-refractivity contribution < 1.29 is 17.6 Å². The summed E-state index contributed by atoms with van der Waals surface area (Å²) >= 11 is 5.74. The normalized spacial score (nSPS) is 19.4. The Labute approximate surface area is 181 Å². The molecule has 1 amide bonds. The zero-order valence-electron chi connectivity index (χ0n) is 16.4. The number of carbonyl (C=O) groups excluding carboxylic acids is 1. The third-order valence-corrected chi connectivity index (χ3v) is 8.09. The fraction of sp³-hybridized carbons (Fsp3) is 0.409. The number of nitrogens with zero attached hydrogens (tertiary/aromatic N) is 1. The lowest BCUT2D eigenvalue weighted by molar-refractivity contribution is -0.127. The SMILES string of the molecule is O=C(NC(c1ccccc1)C1CC1)C1CCN(S(=O)(=O)c2ccc(F)c(Cl)c2)CC1. The molecule has 1 atom stereocenters. The van der Waals surface area contributed by atoms with E-state index in [1.165, 1.54) is 10.4 Å². The van der Waals surface area contributed by atoms with E-state index >= 15 is 0 Å². The van der Waals surface area contributed by atoms with Gasteiger partial charge in [-0.2, -0.15) is 4.31 Å². The van der Waals surface area contributed by atoms with Crippen LogP contribution in [-0.4, -0.2) is 31.7 Å². The molecule has 1 unspecified atom stereocenters. The second-order valence-electron chi connectivity index (χ2n) is 7.99. The van der Waals surface area contributed by atoms with Crippen molar-refractivity contribution in [2.45, 2.75) is 36.6 Å². The van der Waals surface area contributed by atoms with Gasteiger partial charge in [-0.3, -0.25) is 4.79 Å². The Morgan fingerprint density at radius 3 is 2.33 bits per heavy atom. The first kappa shape index (κ1) is 21.3. The number of amides is 1. The van der Waals surface area contributed by atoms with E-state index in [4.69, 9.17) is 11.6 Å². The van der Waals surface area contributed by atoms with Gasteiger partial charge in [-0.25, -0.2) is 12.8 Å². The van der Waals surface area contributed by atoms with Crippen molar-refractivity contribution in [3.8, 4) is 0 Å². The van der Waals surface area contributed by atoms with Gasteiger partial charge < -0.3 is 5.32 Å². The Morgan fingerprint density at radius 1 is 1.07 bits per heavy atom. The fourth-order valence-electron chi connectivity index (χ4n) is 3.98. The van der Waals surface area contributed by atoms with Crippen LogP contribution in [0.15, 0.2) is 53.4 Å². The van der Waals surface area contributed by atoms with Gasteiger partial charge in [-0.15, -0.1) is 0 Å². The van der Waals surface area contributed by atoms with Gasteiger partial charge in [0.2, 0.25) is 15.9 Å². The van der Waals surface area contributed by atoms with Crippen LogP contribution in [-0.2, 0) is 14.8 Å². The summed E-state index contributed by atoms with van der Waals surface area (Å²) in [4.78, 5) is 12.9. The molecule has 1 N–H and O–H groups in total. The number of carbonyl (C=O) groups is 1. The average molecular weight is 451 g/mol. The Kier molecular flexibility index (Phi) is 6.14. The molecule has 2 aromatic rings. The number of sulfonamides is 1. The number of rotatable bonds is 6. The van der Waals surface area contributed by atoms with Crippen molar-refractivity contribution in [3.63, 3.8) is 0 Å².